The smallest absolute Gasteiger partial charge is 0.327 e. The third-order valence-corrected chi connectivity index (χ3v) is 2.58. The summed E-state index contributed by atoms with van der Waals surface area (Å²) in [7, 11) is 0. The molecule has 0 amide bonds. The molecule has 0 aromatic rings. The van der Waals surface area contributed by atoms with Crippen LogP contribution in [0.4, 0.5) is 0 Å². The van der Waals surface area contributed by atoms with E-state index in [4.69, 9.17) is 5.11 Å². The van der Waals surface area contributed by atoms with Crippen molar-refractivity contribution in [1.29, 1.82) is 0 Å². The van der Waals surface area contributed by atoms with Crippen LogP contribution in [0.25, 0.3) is 0 Å². The van der Waals surface area contributed by atoms with E-state index in [1.165, 1.54) is 32.1 Å². The van der Waals surface area contributed by atoms with E-state index in [1.807, 2.05) is 0 Å². The average Bonchev–Trinajstić information content (AvgIpc) is 2.47. The van der Waals surface area contributed by atoms with Crippen molar-refractivity contribution in [3.8, 4) is 0 Å². The van der Waals surface area contributed by atoms with Gasteiger partial charge < -0.3 is 14.6 Å². The number of rotatable bonds is 8. The first-order valence-electron chi connectivity index (χ1n) is 8.44. The SMILES string of the molecule is C/C=C/C(=O)O.C=COC(=O)CCCCCC(C)(C)C.C=COC(C)=O. The van der Waals surface area contributed by atoms with Gasteiger partial charge in [-0.2, -0.15) is 0 Å². The monoisotopic (exact) mass is 370 g/mol. The molecule has 0 saturated carbocycles. The van der Waals surface area contributed by atoms with E-state index < -0.39 is 5.97 Å². The van der Waals surface area contributed by atoms with Crippen LogP contribution < -0.4 is 0 Å². The highest BCUT2D eigenvalue weighted by molar-refractivity contribution is 5.79. The predicted molar refractivity (Wildman–Crippen MR) is 103 cm³/mol. The Labute approximate surface area is 157 Å². The molecule has 0 saturated heterocycles. The van der Waals surface area contributed by atoms with Crippen LogP contribution in [0.1, 0.15) is 66.7 Å². The molecule has 0 aromatic heterocycles. The maximum Gasteiger partial charge on any atom is 0.327 e. The van der Waals surface area contributed by atoms with Gasteiger partial charge in [0.15, 0.2) is 0 Å². The molecule has 26 heavy (non-hydrogen) atoms. The number of aliphatic carboxylic acids is 1. The Kier molecular flexibility index (Phi) is 20.7. The molecule has 6 heteroatoms. The van der Waals surface area contributed by atoms with Gasteiger partial charge in [0, 0.05) is 19.4 Å². The summed E-state index contributed by atoms with van der Waals surface area (Å²) in [6.07, 6.45) is 9.78. The Bertz CT molecular complexity index is 444. The van der Waals surface area contributed by atoms with Crippen LogP contribution in [0.15, 0.2) is 37.8 Å². The molecular weight excluding hydrogens is 336 g/mol. The van der Waals surface area contributed by atoms with Gasteiger partial charge in [0.1, 0.15) is 0 Å². The van der Waals surface area contributed by atoms with E-state index >= 15 is 0 Å². The number of ether oxygens (including phenoxy) is 2. The molecule has 1 N–H and O–H groups in total. The summed E-state index contributed by atoms with van der Waals surface area (Å²) in [6.45, 7) is 16.2. The Morgan fingerprint density at radius 2 is 1.54 bits per heavy atom. The van der Waals surface area contributed by atoms with Gasteiger partial charge in [-0.1, -0.05) is 52.8 Å². The summed E-state index contributed by atoms with van der Waals surface area (Å²) in [5.41, 5.74) is 0.404. The third kappa shape index (κ3) is 37.7. The molecule has 0 rings (SSSR count). The van der Waals surface area contributed by atoms with Crippen LogP contribution in [0, 0.1) is 5.41 Å². The fraction of sp³-hybridized carbons (Fsp3) is 0.550. The number of hydrogen-bond acceptors (Lipinski definition) is 5. The molecule has 0 aliphatic rings. The summed E-state index contributed by atoms with van der Waals surface area (Å²) in [4.78, 5) is 30.2. The second-order valence-corrected chi connectivity index (χ2v) is 6.39. The second kappa shape index (κ2) is 19.0. The van der Waals surface area contributed by atoms with Crippen molar-refractivity contribution in [2.45, 2.75) is 66.7 Å². The molecular formula is C20H34O6. The number of carbonyl (C=O) groups excluding carboxylic acids is 2. The highest BCUT2D eigenvalue weighted by atomic mass is 16.5. The van der Waals surface area contributed by atoms with Gasteiger partial charge in [-0.05, 0) is 25.2 Å². The fourth-order valence-electron chi connectivity index (χ4n) is 1.51. The van der Waals surface area contributed by atoms with E-state index in [9.17, 15) is 14.4 Å². The summed E-state index contributed by atoms with van der Waals surface area (Å²) in [5, 5.41) is 7.83. The van der Waals surface area contributed by atoms with Gasteiger partial charge in [0.05, 0.1) is 12.5 Å². The standard InChI is InChI=1S/C12H22O2.2C4H6O2/c1-5-14-11(13)9-7-6-8-10-12(2,3)4;1-3-6-4(2)5;1-2-3-4(5)6/h5H,1,6-10H2,2-4H3;3H,1H2,2H3;2-3H,1H3,(H,5,6)/b;;3-2+. The van der Waals surface area contributed by atoms with Crippen molar-refractivity contribution in [3.05, 3.63) is 37.8 Å². The molecule has 0 spiro atoms. The van der Waals surface area contributed by atoms with Crippen LogP contribution in [-0.4, -0.2) is 23.0 Å². The fourth-order valence-corrected chi connectivity index (χ4v) is 1.51. The van der Waals surface area contributed by atoms with Crippen molar-refractivity contribution in [1.82, 2.24) is 0 Å². The van der Waals surface area contributed by atoms with Gasteiger partial charge in [-0.3, -0.25) is 9.59 Å². The van der Waals surface area contributed by atoms with Crippen molar-refractivity contribution < 1.29 is 29.0 Å². The Hall–Kier alpha value is -2.37. The summed E-state index contributed by atoms with van der Waals surface area (Å²) < 4.78 is 8.78. The molecule has 150 valence electrons. The number of unbranched alkanes of at least 4 members (excludes halogenated alkanes) is 2. The predicted octanol–water partition coefficient (Wildman–Crippen LogP) is 5.01. The zero-order chi connectivity index (χ0) is 21.0. The first-order valence-corrected chi connectivity index (χ1v) is 8.44. The molecule has 0 aliphatic carbocycles. The lowest BCUT2D eigenvalue weighted by Gasteiger charge is -2.17. The first kappa shape index (κ1) is 28.4. The topological polar surface area (TPSA) is 89.9 Å². The van der Waals surface area contributed by atoms with E-state index in [2.05, 4.69) is 43.4 Å². The van der Waals surface area contributed by atoms with Crippen molar-refractivity contribution in [3.63, 3.8) is 0 Å². The van der Waals surface area contributed by atoms with Crippen LogP contribution in [-0.2, 0) is 23.9 Å². The third-order valence-electron chi connectivity index (χ3n) is 2.58. The highest BCUT2D eigenvalue weighted by Gasteiger charge is 2.09. The number of hydrogen-bond donors (Lipinski definition) is 1. The van der Waals surface area contributed by atoms with Gasteiger partial charge in [0.25, 0.3) is 0 Å². The quantitative estimate of drug-likeness (QED) is 0.279. The van der Waals surface area contributed by atoms with Crippen LogP contribution in [0.3, 0.4) is 0 Å². The Morgan fingerprint density at radius 3 is 1.81 bits per heavy atom. The van der Waals surface area contributed by atoms with Gasteiger partial charge in [-0.15, -0.1) is 0 Å². The summed E-state index contributed by atoms with van der Waals surface area (Å²) in [5.74, 6) is -1.39. The molecule has 0 aliphatic heterocycles. The molecule has 0 atom stereocenters. The van der Waals surface area contributed by atoms with Crippen LogP contribution >= 0.6 is 0 Å². The number of carboxylic acid groups (broad SMARTS) is 1. The van der Waals surface area contributed by atoms with E-state index in [0.717, 1.165) is 25.2 Å². The molecule has 0 unspecified atom stereocenters. The van der Waals surface area contributed by atoms with Crippen molar-refractivity contribution in [2.24, 2.45) is 5.41 Å². The number of carboxylic acids is 1. The normalized spacial score (nSPS) is 9.73. The molecule has 6 nitrogen and oxygen atoms in total. The van der Waals surface area contributed by atoms with E-state index in [0.29, 0.717) is 11.8 Å². The van der Waals surface area contributed by atoms with E-state index in [1.54, 1.807) is 6.92 Å². The average molecular weight is 370 g/mol. The van der Waals surface area contributed by atoms with Gasteiger partial charge in [-0.25, -0.2) is 4.79 Å². The Balaban J connectivity index is -0.000000364. The zero-order valence-corrected chi connectivity index (χ0v) is 16.7. The largest absolute Gasteiger partial charge is 0.478 e. The highest BCUT2D eigenvalue weighted by Crippen LogP contribution is 2.22. The molecule has 0 aromatic carbocycles. The van der Waals surface area contributed by atoms with Crippen molar-refractivity contribution in [2.75, 3.05) is 0 Å². The van der Waals surface area contributed by atoms with Crippen molar-refractivity contribution >= 4 is 17.9 Å². The minimum Gasteiger partial charge on any atom is -0.478 e. The number of carbonyl (C=O) groups is 3. The lowest BCUT2D eigenvalue weighted by Crippen LogP contribution is -2.04. The lowest BCUT2D eigenvalue weighted by atomic mass is 9.89. The van der Waals surface area contributed by atoms with Crippen LogP contribution in [0.5, 0.6) is 0 Å². The minimum atomic E-state index is -0.891. The lowest BCUT2D eigenvalue weighted by molar-refractivity contribution is -0.138. The maximum atomic E-state index is 10.9. The zero-order valence-electron chi connectivity index (χ0n) is 16.7. The molecule has 0 bridgehead atoms. The number of esters is 2. The Morgan fingerprint density at radius 1 is 1.00 bits per heavy atom. The van der Waals surface area contributed by atoms with Gasteiger partial charge in [0.2, 0.25) is 0 Å². The molecule has 0 heterocycles. The second-order valence-electron chi connectivity index (χ2n) is 6.39. The van der Waals surface area contributed by atoms with E-state index in [-0.39, 0.29) is 11.9 Å². The number of allylic oxidation sites excluding steroid dienone is 1. The minimum absolute atomic E-state index is 0.171. The van der Waals surface area contributed by atoms with Gasteiger partial charge >= 0.3 is 17.9 Å². The molecule has 0 fully saturated rings. The summed E-state index contributed by atoms with van der Waals surface area (Å²) in [6, 6.07) is 0. The summed E-state index contributed by atoms with van der Waals surface area (Å²) >= 11 is 0. The molecule has 0 radical (unpaired) electrons. The first-order chi connectivity index (χ1) is 12.0. The maximum absolute atomic E-state index is 10.9. The van der Waals surface area contributed by atoms with Crippen LogP contribution in [0.2, 0.25) is 0 Å².